The zero-order chi connectivity index (χ0) is 17.5. The monoisotopic (exact) mass is 333 g/mol. The predicted molar refractivity (Wildman–Crippen MR) is 81.6 cm³/mol. The summed E-state index contributed by atoms with van der Waals surface area (Å²) < 4.78 is 51.7. The number of aliphatic hydroxyl groups excluding tert-OH is 1. The molecule has 0 saturated heterocycles. The summed E-state index contributed by atoms with van der Waals surface area (Å²) >= 11 is 0. The van der Waals surface area contributed by atoms with Crippen LogP contribution in [0.25, 0.3) is 0 Å². The Kier molecular flexibility index (Phi) is 4.68. The number of rotatable bonds is 3. The first-order valence-corrected chi connectivity index (χ1v) is 7.68. The molecule has 1 aromatic carbocycles. The molecule has 23 heavy (non-hydrogen) atoms. The first kappa shape index (κ1) is 18.0. The Morgan fingerprint density at radius 2 is 1.83 bits per heavy atom. The van der Waals surface area contributed by atoms with Gasteiger partial charge in [0.25, 0.3) is 0 Å². The summed E-state index contributed by atoms with van der Waals surface area (Å²) in [4.78, 5) is 0. The topological polar surface area (TPSA) is 32.3 Å². The van der Waals surface area contributed by atoms with Gasteiger partial charge in [-0.25, -0.2) is 4.39 Å². The van der Waals surface area contributed by atoms with Gasteiger partial charge in [0.2, 0.25) is 0 Å². The summed E-state index contributed by atoms with van der Waals surface area (Å²) in [5.41, 5.74) is -1.19. The van der Waals surface area contributed by atoms with Gasteiger partial charge in [-0.05, 0) is 48.3 Å². The van der Waals surface area contributed by atoms with Crippen LogP contribution in [-0.4, -0.2) is 17.8 Å². The number of alkyl halides is 3. The minimum absolute atomic E-state index is 0.0346. The van der Waals surface area contributed by atoms with E-state index in [1.807, 2.05) is 6.92 Å². The zero-order valence-corrected chi connectivity index (χ0v) is 13.6. The molecule has 0 aromatic heterocycles. The number of hydrogen-bond acceptors (Lipinski definition) is 2. The lowest BCUT2D eigenvalue weighted by Crippen LogP contribution is -2.42. The highest BCUT2D eigenvalue weighted by Gasteiger charge is 2.40. The summed E-state index contributed by atoms with van der Waals surface area (Å²) in [6, 6.07) is 2.46. The molecule has 130 valence electrons. The fourth-order valence-corrected chi connectivity index (χ4v) is 3.88. The Morgan fingerprint density at radius 3 is 2.39 bits per heavy atom. The van der Waals surface area contributed by atoms with Crippen molar-refractivity contribution in [1.82, 2.24) is 0 Å². The summed E-state index contributed by atoms with van der Waals surface area (Å²) in [7, 11) is 0. The first-order valence-electron chi connectivity index (χ1n) is 7.68. The van der Waals surface area contributed by atoms with Crippen LogP contribution in [0.5, 0.6) is 0 Å². The van der Waals surface area contributed by atoms with Crippen molar-refractivity contribution in [2.45, 2.75) is 52.3 Å². The third-order valence-corrected chi connectivity index (χ3v) is 4.37. The van der Waals surface area contributed by atoms with E-state index in [9.17, 15) is 22.7 Å². The quantitative estimate of drug-likeness (QED) is 0.776. The molecule has 6 heteroatoms. The average molecular weight is 333 g/mol. The maximum absolute atomic E-state index is 13.4. The Labute approximate surface area is 133 Å². The smallest absolute Gasteiger partial charge is 0.393 e. The standard InChI is InChI=1S/C17H23F4NO/c1-15(2)7-14(23)8-16(3,9-15)10-22-13-5-11(17(19,20)21)4-12(18)6-13/h4-6,14,22-23H,7-10H2,1-3H3. The van der Waals surface area contributed by atoms with Gasteiger partial charge >= 0.3 is 6.18 Å². The van der Waals surface area contributed by atoms with Crippen LogP contribution in [0.15, 0.2) is 18.2 Å². The van der Waals surface area contributed by atoms with E-state index in [2.05, 4.69) is 19.2 Å². The number of nitrogens with one attached hydrogen (secondary N) is 1. The normalized spacial score (nSPS) is 27.7. The van der Waals surface area contributed by atoms with Crippen LogP contribution in [0.1, 0.15) is 45.6 Å². The van der Waals surface area contributed by atoms with Gasteiger partial charge in [-0.2, -0.15) is 13.2 Å². The molecule has 2 N–H and O–H groups in total. The van der Waals surface area contributed by atoms with Crippen LogP contribution in [-0.2, 0) is 6.18 Å². The molecule has 0 spiro atoms. The molecule has 0 amide bonds. The van der Waals surface area contributed by atoms with Gasteiger partial charge < -0.3 is 10.4 Å². The van der Waals surface area contributed by atoms with Gasteiger partial charge in [-0.15, -0.1) is 0 Å². The molecule has 1 aliphatic rings. The van der Waals surface area contributed by atoms with E-state index in [1.54, 1.807) is 0 Å². The van der Waals surface area contributed by atoms with Gasteiger partial charge in [0, 0.05) is 12.2 Å². The van der Waals surface area contributed by atoms with E-state index in [0.717, 1.165) is 18.6 Å². The summed E-state index contributed by atoms with van der Waals surface area (Å²) in [5, 5.41) is 13.0. The van der Waals surface area contributed by atoms with Crippen LogP contribution in [0, 0.1) is 16.6 Å². The molecule has 2 unspecified atom stereocenters. The molecule has 1 aromatic rings. The molecule has 2 atom stereocenters. The molecule has 0 aliphatic heterocycles. The second-order valence-corrected chi connectivity index (χ2v) is 7.79. The van der Waals surface area contributed by atoms with Crippen LogP contribution in [0.3, 0.4) is 0 Å². The van der Waals surface area contributed by atoms with E-state index in [-0.39, 0.29) is 16.5 Å². The van der Waals surface area contributed by atoms with Crippen molar-refractivity contribution in [3.8, 4) is 0 Å². The fraction of sp³-hybridized carbons (Fsp3) is 0.647. The lowest BCUT2D eigenvalue weighted by Gasteiger charge is -2.45. The predicted octanol–water partition coefficient (Wildman–Crippen LogP) is 4.83. The second-order valence-electron chi connectivity index (χ2n) is 7.79. The number of hydrogen-bond donors (Lipinski definition) is 2. The van der Waals surface area contributed by atoms with Gasteiger partial charge in [0.1, 0.15) is 5.82 Å². The highest BCUT2D eigenvalue weighted by molar-refractivity contribution is 5.47. The van der Waals surface area contributed by atoms with Gasteiger partial charge in [-0.1, -0.05) is 20.8 Å². The fourth-order valence-electron chi connectivity index (χ4n) is 3.88. The maximum atomic E-state index is 13.4. The van der Waals surface area contributed by atoms with Crippen molar-refractivity contribution in [1.29, 1.82) is 0 Å². The number of aliphatic hydroxyl groups is 1. The molecular weight excluding hydrogens is 310 g/mol. The summed E-state index contributed by atoms with van der Waals surface area (Å²) in [6.45, 7) is 6.51. The minimum Gasteiger partial charge on any atom is -0.393 e. The maximum Gasteiger partial charge on any atom is 0.416 e. The number of benzene rings is 1. The van der Waals surface area contributed by atoms with Crippen molar-refractivity contribution in [3.63, 3.8) is 0 Å². The Hall–Kier alpha value is -1.30. The first-order chi connectivity index (χ1) is 10.4. The van der Waals surface area contributed by atoms with Crippen LogP contribution >= 0.6 is 0 Å². The van der Waals surface area contributed by atoms with E-state index >= 15 is 0 Å². The summed E-state index contributed by atoms with van der Waals surface area (Å²) in [5.74, 6) is -0.920. The van der Waals surface area contributed by atoms with Crippen molar-refractivity contribution in [2.75, 3.05) is 11.9 Å². The molecule has 1 fully saturated rings. The highest BCUT2D eigenvalue weighted by Crippen LogP contribution is 2.46. The largest absolute Gasteiger partial charge is 0.416 e. The zero-order valence-electron chi connectivity index (χ0n) is 13.6. The lowest BCUT2D eigenvalue weighted by atomic mass is 9.63. The highest BCUT2D eigenvalue weighted by atomic mass is 19.4. The van der Waals surface area contributed by atoms with E-state index in [0.29, 0.717) is 25.5 Å². The SMILES string of the molecule is CC1(C)CC(O)CC(C)(CNc2cc(F)cc(C(F)(F)F)c2)C1. The molecular formula is C17H23F4NO. The molecule has 2 nitrogen and oxygen atoms in total. The molecule has 1 saturated carbocycles. The average Bonchev–Trinajstić information content (AvgIpc) is 2.31. The number of anilines is 1. The van der Waals surface area contributed by atoms with Crippen molar-refractivity contribution < 1.29 is 22.7 Å². The Morgan fingerprint density at radius 1 is 1.17 bits per heavy atom. The van der Waals surface area contributed by atoms with Gasteiger partial charge in [0.05, 0.1) is 11.7 Å². The van der Waals surface area contributed by atoms with Gasteiger partial charge in [-0.3, -0.25) is 0 Å². The van der Waals surface area contributed by atoms with Crippen molar-refractivity contribution >= 4 is 5.69 Å². The van der Waals surface area contributed by atoms with Gasteiger partial charge in [0.15, 0.2) is 0 Å². The van der Waals surface area contributed by atoms with E-state index < -0.39 is 23.7 Å². The Balaban J connectivity index is 2.13. The molecule has 0 heterocycles. The summed E-state index contributed by atoms with van der Waals surface area (Å²) in [6.07, 6.45) is -2.88. The molecule has 0 radical (unpaired) electrons. The van der Waals surface area contributed by atoms with E-state index in [1.165, 1.54) is 0 Å². The second kappa shape index (κ2) is 5.96. The van der Waals surface area contributed by atoms with E-state index in [4.69, 9.17) is 0 Å². The molecule has 1 aliphatic carbocycles. The van der Waals surface area contributed by atoms with Crippen molar-refractivity contribution in [3.05, 3.63) is 29.6 Å². The van der Waals surface area contributed by atoms with Crippen LogP contribution in [0.4, 0.5) is 23.2 Å². The molecule has 0 bridgehead atoms. The third-order valence-electron chi connectivity index (χ3n) is 4.37. The minimum atomic E-state index is -4.58. The van der Waals surface area contributed by atoms with Crippen LogP contribution < -0.4 is 5.32 Å². The van der Waals surface area contributed by atoms with Crippen molar-refractivity contribution in [2.24, 2.45) is 10.8 Å². The number of halogens is 4. The Bertz CT molecular complexity index is 570. The molecule has 2 rings (SSSR count). The van der Waals surface area contributed by atoms with Crippen LogP contribution in [0.2, 0.25) is 0 Å². The lowest BCUT2D eigenvalue weighted by molar-refractivity contribution is -0.137. The third kappa shape index (κ3) is 4.83.